The maximum Gasteiger partial charge on any atom is 0.321 e. The highest BCUT2D eigenvalue weighted by atomic mass is 16.6. The first kappa shape index (κ1) is 20.9. The molecule has 0 aliphatic heterocycles. The third-order valence-electron chi connectivity index (χ3n) is 2.76. The quantitative estimate of drug-likeness (QED) is 0.329. The summed E-state index contributed by atoms with van der Waals surface area (Å²) in [5, 5.41) is 0. The van der Waals surface area contributed by atoms with Crippen molar-refractivity contribution in [3.05, 3.63) is 0 Å². The zero-order valence-corrected chi connectivity index (χ0v) is 14.0. The molecule has 8 heteroatoms. The number of hydrogen-bond donors (Lipinski definition) is 0. The number of carbonyl (C=O) groups excluding carboxylic acids is 4. The molecule has 0 amide bonds. The van der Waals surface area contributed by atoms with E-state index in [1.807, 2.05) is 0 Å². The van der Waals surface area contributed by atoms with Crippen molar-refractivity contribution in [2.45, 2.75) is 34.1 Å². The van der Waals surface area contributed by atoms with Gasteiger partial charge in [0.05, 0.1) is 38.8 Å². The van der Waals surface area contributed by atoms with E-state index in [4.69, 9.17) is 18.9 Å². The van der Waals surface area contributed by atoms with Gasteiger partial charge in [-0.3, -0.25) is 19.2 Å². The first-order valence-electron chi connectivity index (χ1n) is 7.58. The molecule has 0 saturated carbocycles. The molecule has 0 aromatic rings. The van der Waals surface area contributed by atoms with Gasteiger partial charge in [-0.25, -0.2) is 0 Å². The van der Waals surface area contributed by atoms with Crippen LogP contribution < -0.4 is 0 Å². The Kier molecular flexibility index (Phi) is 10.4. The van der Waals surface area contributed by atoms with Crippen LogP contribution in [0.25, 0.3) is 0 Å². The Hall–Kier alpha value is -2.12. The number of hydrogen-bond acceptors (Lipinski definition) is 8. The van der Waals surface area contributed by atoms with Gasteiger partial charge in [0.15, 0.2) is 5.92 Å². The SMILES string of the molecule is CCOC(=O)CC(C(=O)OCC)C(C(=O)OCC)C(=O)OCC. The smallest absolute Gasteiger partial charge is 0.321 e. The van der Waals surface area contributed by atoms with Crippen LogP contribution in [0.1, 0.15) is 34.1 Å². The Bertz CT molecular complexity index is 400. The lowest BCUT2D eigenvalue weighted by atomic mass is 9.89. The fourth-order valence-corrected chi connectivity index (χ4v) is 1.87. The van der Waals surface area contributed by atoms with Crippen molar-refractivity contribution in [3.63, 3.8) is 0 Å². The zero-order valence-electron chi connectivity index (χ0n) is 14.0. The molecular weight excluding hydrogens is 308 g/mol. The molecule has 1 atom stereocenters. The minimum atomic E-state index is -1.57. The van der Waals surface area contributed by atoms with Crippen molar-refractivity contribution < 1.29 is 38.1 Å². The number of ether oxygens (including phenoxy) is 4. The van der Waals surface area contributed by atoms with Crippen molar-refractivity contribution in [3.8, 4) is 0 Å². The van der Waals surface area contributed by atoms with Gasteiger partial charge < -0.3 is 18.9 Å². The molecule has 0 aromatic carbocycles. The van der Waals surface area contributed by atoms with Gasteiger partial charge >= 0.3 is 23.9 Å². The van der Waals surface area contributed by atoms with Crippen LogP contribution in [0, 0.1) is 11.8 Å². The van der Waals surface area contributed by atoms with Gasteiger partial charge in [0, 0.05) is 0 Å². The normalized spacial score (nSPS) is 11.5. The summed E-state index contributed by atoms with van der Waals surface area (Å²) >= 11 is 0. The molecule has 132 valence electrons. The number of rotatable bonds is 10. The van der Waals surface area contributed by atoms with E-state index in [0.29, 0.717) is 0 Å². The molecule has 0 bridgehead atoms. The lowest BCUT2D eigenvalue weighted by Gasteiger charge is -2.22. The van der Waals surface area contributed by atoms with E-state index < -0.39 is 42.1 Å². The predicted molar refractivity (Wildman–Crippen MR) is 78.1 cm³/mol. The van der Waals surface area contributed by atoms with Gasteiger partial charge in [0.2, 0.25) is 0 Å². The standard InChI is InChI=1S/C15H24O8/c1-5-20-11(16)9-10(13(17)21-6-2)12(14(18)22-7-3)15(19)23-8-4/h10,12H,5-9H2,1-4H3. The predicted octanol–water partition coefficient (Wildman–Crippen LogP) is 0.861. The Balaban J connectivity index is 5.48. The summed E-state index contributed by atoms with van der Waals surface area (Å²) < 4.78 is 19.3. The molecular formula is C15H24O8. The Morgan fingerprint density at radius 1 is 0.652 bits per heavy atom. The molecule has 0 saturated heterocycles. The Morgan fingerprint density at radius 3 is 1.43 bits per heavy atom. The van der Waals surface area contributed by atoms with Gasteiger partial charge in [0.25, 0.3) is 0 Å². The third kappa shape index (κ3) is 7.12. The Labute approximate surface area is 135 Å². The van der Waals surface area contributed by atoms with Crippen LogP contribution in [0.4, 0.5) is 0 Å². The topological polar surface area (TPSA) is 105 Å². The van der Waals surface area contributed by atoms with E-state index in [-0.39, 0.29) is 26.4 Å². The molecule has 0 aromatic heterocycles. The minimum absolute atomic E-state index is 0.0175. The van der Waals surface area contributed by atoms with Gasteiger partial charge in [-0.1, -0.05) is 0 Å². The van der Waals surface area contributed by atoms with Crippen LogP contribution in [-0.4, -0.2) is 50.3 Å². The number of carbonyl (C=O) groups is 4. The van der Waals surface area contributed by atoms with E-state index in [0.717, 1.165) is 0 Å². The van der Waals surface area contributed by atoms with Gasteiger partial charge in [-0.05, 0) is 27.7 Å². The van der Waals surface area contributed by atoms with Crippen LogP contribution in [0.2, 0.25) is 0 Å². The fourth-order valence-electron chi connectivity index (χ4n) is 1.87. The van der Waals surface area contributed by atoms with Gasteiger partial charge in [-0.2, -0.15) is 0 Å². The molecule has 0 aliphatic carbocycles. The van der Waals surface area contributed by atoms with Gasteiger partial charge in [-0.15, -0.1) is 0 Å². The van der Waals surface area contributed by atoms with Crippen molar-refractivity contribution >= 4 is 23.9 Å². The molecule has 23 heavy (non-hydrogen) atoms. The molecule has 0 fully saturated rings. The summed E-state index contributed by atoms with van der Waals surface area (Å²) in [4.78, 5) is 47.9. The minimum Gasteiger partial charge on any atom is -0.466 e. The maximum atomic E-state index is 12.1. The van der Waals surface area contributed by atoms with Crippen molar-refractivity contribution in [2.24, 2.45) is 11.8 Å². The van der Waals surface area contributed by atoms with Crippen LogP contribution in [0.5, 0.6) is 0 Å². The zero-order chi connectivity index (χ0) is 17.8. The van der Waals surface area contributed by atoms with E-state index in [1.54, 1.807) is 27.7 Å². The lowest BCUT2D eigenvalue weighted by molar-refractivity contribution is -0.173. The molecule has 0 heterocycles. The monoisotopic (exact) mass is 332 g/mol. The molecule has 0 aliphatic rings. The summed E-state index contributed by atoms with van der Waals surface area (Å²) in [6.07, 6.45) is -0.477. The lowest BCUT2D eigenvalue weighted by Crippen LogP contribution is -2.40. The largest absolute Gasteiger partial charge is 0.466 e. The van der Waals surface area contributed by atoms with E-state index in [9.17, 15) is 19.2 Å². The van der Waals surface area contributed by atoms with Crippen molar-refractivity contribution in [2.75, 3.05) is 26.4 Å². The van der Waals surface area contributed by atoms with Crippen LogP contribution in [-0.2, 0) is 38.1 Å². The fraction of sp³-hybridized carbons (Fsp3) is 0.733. The summed E-state index contributed by atoms with van der Waals surface area (Å²) in [6.45, 7) is 6.48. The summed E-state index contributed by atoms with van der Waals surface area (Å²) in [7, 11) is 0. The summed E-state index contributed by atoms with van der Waals surface area (Å²) in [6, 6.07) is 0. The molecule has 0 spiro atoms. The number of esters is 4. The second kappa shape index (κ2) is 11.4. The molecule has 0 N–H and O–H groups in total. The molecule has 8 nitrogen and oxygen atoms in total. The Morgan fingerprint density at radius 2 is 1.04 bits per heavy atom. The van der Waals surface area contributed by atoms with E-state index in [2.05, 4.69) is 0 Å². The molecule has 0 rings (SSSR count). The second-order valence-electron chi connectivity index (χ2n) is 4.35. The first-order valence-corrected chi connectivity index (χ1v) is 7.58. The van der Waals surface area contributed by atoms with Crippen LogP contribution in [0.15, 0.2) is 0 Å². The summed E-state index contributed by atoms with van der Waals surface area (Å²) in [5.74, 6) is -6.37. The third-order valence-corrected chi connectivity index (χ3v) is 2.76. The van der Waals surface area contributed by atoms with E-state index in [1.165, 1.54) is 0 Å². The molecule has 0 radical (unpaired) electrons. The van der Waals surface area contributed by atoms with Crippen LogP contribution in [0.3, 0.4) is 0 Å². The maximum absolute atomic E-state index is 12.1. The van der Waals surface area contributed by atoms with E-state index >= 15 is 0 Å². The van der Waals surface area contributed by atoms with Gasteiger partial charge in [0.1, 0.15) is 0 Å². The molecule has 1 unspecified atom stereocenters. The van der Waals surface area contributed by atoms with Crippen molar-refractivity contribution in [1.29, 1.82) is 0 Å². The average Bonchev–Trinajstić information content (AvgIpc) is 2.47. The highest BCUT2D eigenvalue weighted by Crippen LogP contribution is 2.22. The average molecular weight is 332 g/mol. The van der Waals surface area contributed by atoms with Crippen LogP contribution >= 0.6 is 0 Å². The summed E-state index contributed by atoms with van der Waals surface area (Å²) in [5.41, 5.74) is 0. The van der Waals surface area contributed by atoms with Crippen molar-refractivity contribution in [1.82, 2.24) is 0 Å². The highest BCUT2D eigenvalue weighted by Gasteiger charge is 2.44. The second-order valence-corrected chi connectivity index (χ2v) is 4.35. The highest BCUT2D eigenvalue weighted by molar-refractivity contribution is 6.00. The first-order chi connectivity index (χ1) is 10.9.